The second-order valence-corrected chi connectivity index (χ2v) is 5.48. The molecule has 0 amide bonds. The van der Waals surface area contributed by atoms with Gasteiger partial charge in [-0.3, -0.25) is 4.68 Å². The zero-order valence-corrected chi connectivity index (χ0v) is 12.5. The molecule has 2 aromatic rings. The number of nitrogens with two attached hydrogens (primary N) is 1. The van der Waals surface area contributed by atoms with Crippen LogP contribution in [-0.2, 0) is 20.0 Å². The predicted molar refractivity (Wildman–Crippen MR) is 74.3 cm³/mol. The van der Waals surface area contributed by atoms with E-state index in [4.69, 9.17) is 5.73 Å². The first-order valence-electron chi connectivity index (χ1n) is 5.91. The Morgan fingerprint density at radius 1 is 1.50 bits per heavy atom. The Kier molecular flexibility index (Phi) is 3.87. The molecule has 0 bridgehead atoms. The summed E-state index contributed by atoms with van der Waals surface area (Å²) in [5.41, 5.74) is 8.93. The van der Waals surface area contributed by atoms with Crippen LogP contribution in [0.2, 0.25) is 0 Å². The van der Waals surface area contributed by atoms with Crippen LogP contribution in [0.15, 0.2) is 17.0 Å². The molecule has 6 heteroatoms. The Balaban J connectivity index is 2.16. The molecule has 0 aliphatic carbocycles. The van der Waals surface area contributed by atoms with Crippen molar-refractivity contribution >= 4 is 15.9 Å². The summed E-state index contributed by atoms with van der Waals surface area (Å²) in [6.45, 7) is 4.73. The van der Waals surface area contributed by atoms with Gasteiger partial charge in [-0.25, -0.2) is 4.98 Å². The highest BCUT2D eigenvalue weighted by Crippen LogP contribution is 2.21. The van der Waals surface area contributed by atoms with Crippen LogP contribution in [0.1, 0.15) is 24.0 Å². The summed E-state index contributed by atoms with van der Waals surface area (Å²) in [5.74, 6) is 0. The quantitative estimate of drug-likeness (QED) is 0.933. The van der Waals surface area contributed by atoms with Crippen LogP contribution in [0.3, 0.4) is 0 Å². The third-order valence-corrected chi connectivity index (χ3v) is 3.84. The van der Waals surface area contributed by atoms with Crippen LogP contribution >= 0.6 is 15.9 Å². The fourth-order valence-electron chi connectivity index (χ4n) is 1.95. The molecule has 0 aromatic carbocycles. The van der Waals surface area contributed by atoms with Gasteiger partial charge in [0.2, 0.25) is 0 Å². The maximum atomic E-state index is 5.77. The zero-order chi connectivity index (χ0) is 13.3. The van der Waals surface area contributed by atoms with E-state index in [0.29, 0.717) is 0 Å². The first kappa shape index (κ1) is 13.3. The molecule has 0 radical (unpaired) electrons. The molecular weight excluding hydrogens is 294 g/mol. The number of aromatic nitrogens is 4. The van der Waals surface area contributed by atoms with Crippen molar-refractivity contribution in [2.24, 2.45) is 12.8 Å². The number of imidazole rings is 1. The van der Waals surface area contributed by atoms with Crippen molar-refractivity contribution in [3.8, 4) is 0 Å². The summed E-state index contributed by atoms with van der Waals surface area (Å²) >= 11 is 3.57. The van der Waals surface area contributed by atoms with Gasteiger partial charge >= 0.3 is 0 Å². The van der Waals surface area contributed by atoms with Crippen LogP contribution in [0.5, 0.6) is 0 Å². The maximum Gasteiger partial charge on any atom is 0.0953 e. The summed E-state index contributed by atoms with van der Waals surface area (Å²) in [5, 5.41) is 4.38. The standard InChI is InChI=1S/C12H18BrN5/c1-8(14)4-10-5-18(7-15-10)6-11-12(13)9(2)16-17(11)3/h5,7-8H,4,6,14H2,1-3H3. The Labute approximate surface area is 115 Å². The van der Waals surface area contributed by atoms with Crippen molar-refractivity contribution in [1.29, 1.82) is 0 Å². The zero-order valence-electron chi connectivity index (χ0n) is 10.9. The molecule has 2 rings (SSSR count). The molecule has 1 unspecified atom stereocenters. The lowest BCUT2D eigenvalue weighted by Crippen LogP contribution is -2.17. The van der Waals surface area contributed by atoms with Gasteiger partial charge in [0, 0.05) is 25.7 Å². The van der Waals surface area contributed by atoms with E-state index in [-0.39, 0.29) is 6.04 Å². The smallest absolute Gasteiger partial charge is 0.0953 e. The number of aryl methyl sites for hydroxylation is 2. The monoisotopic (exact) mass is 311 g/mol. The van der Waals surface area contributed by atoms with Gasteiger partial charge in [0.25, 0.3) is 0 Å². The van der Waals surface area contributed by atoms with Crippen LogP contribution in [0.4, 0.5) is 0 Å². The number of halogens is 1. The molecule has 0 saturated carbocycles. The van der Waals surface area contributed by atoms with Gasteiger partial charge in [-0.1, -0.05) is 0 Å². The second-order valence-electron chi connectivity index (χ2n) is 4.69. The second kappa shape index (κ2) is 5.24. The minimum atomic E-state index is 0.138. The lowest BCUT2D eigenvalue weighted by atomic mass is 10.2. The van der Waals surface area contributed by atoms with Crippen LogP contribution in [0, 0.1) is 6.92 Å². The number of hydrogen-bond acceptors (Lipinski definition) is 3. The summed E-state index contributed by atoms with van der Waals surface area (Å²) < 4.78 is 5.01. The normalized spacial score (nSPS) is 12.9. The molecule has 2 aromatic heterocycles. The first-order chi connectivity index (χ1) is 8.47. The molecule has 18 heavy (non-hydrogen) atoms. The molecule has 5 nitrogen and oxygen atoms in total. The van der Waals surface area contributed by atoms with Crippen LogP contribution in [0.25, 0.3) is 0 Å². The van der Waals surface area contributed by atoms with Crippen molar-refractivity contribution in [2.75, 3.05) is 0 Å². The van der Waals surface area contributed by atoms with Gasteiger partial charge in [-0.2, -0.15) is 5.10 Å². The average Bonchev–Trinajstić information content (AvgIpc) is 2.79. The third kappa shape index (κ3) is 2.81. The third-order valence-electron chi connectivity index (χ3n) is 2.81. The number of rotatable bonds is 4. The van der Waals surface area contributed by atoms with E-state index in [1.807, 2.05) is 38.1 Å². The van der Waals surface area contributed by atoms with Crippen LogP contribution < -0.4 is 5.73 Å². The molecule has 0 aliphatic rings. The predicted octanol–water partition coefficient (Wildman–Crippen LogP) is 1.63. The SMILES string of the molecule is Cc1nn(C)c(Cn2cnc(CC(C)N)c2)c1Br. The minimum absolute atomic E-state index is 0.138. The molecule has 1 atom stereocenters. The lowest BCUT2D eigenvalue weighted by Gasteiger charge is -2.04. The topological polar surface area (TPSA) is 61.7 Å². The Hall–Kier alpha value is -1.14. The maximum absolute atomic E-state index is 5.77. The average molecular weight is 312 g/mol. The van der Waals surface area contributed by atoms with Crippen molar-refractivity contribution in [2.45, 2.75) is 32.9 Å². The minimum Gasteiger partial charge on any atom is -0.331 e. The van der Waals surface area contributed by atoms with Gasteiger partial charge < -0.3 is 10.3 Å². The van der Waals surface area contributed by atoms with E-state index < -0.39 is 0 Å². The largest absolute Gasteiger partial charge is 0.331 e. The van der Waals surface area contributed by atoms with Gasteiger partial charge in [0.15, 0.2) is 0 Å². The molecule has 0 saturated heterocycles. The van der Waals surface area contributed by atoms with Gasteiger partial charge in [0.05, 0.1) is 34.4 Å². The molecule has 0 spiro atoms. The molecule has 2 N–H and O–H groups in total. The molecule has 0 aliphatic heterocycles. The number of hydrogen-bond donors (Lipinski definition) is 1. The highest BCUT2D eigenvalue weighted by atomic mass is 79.9. The van der Waals surface area contributed by atoms with Gasteiger partial charge in [-0.05, 0) is 29.8 Å². The molecule has 98 valence electrons. The van der Waals surface area contributed by atoms with E-state index in [9.17, 15) is 0 Å². The Morgan fingerprint density at radius 2 is 2.22 bits per heavy atom. The summed E-state index contributed by atoms with van der Waals surface area (Å²) in [6.07, 6.45) is 4.68. The van der Waals surface area contributed by atoms with Crippen molar-refractivity contribution in [3.05, 3.63) is 34.1 Å². The first-order valence-corrected chi connectivity index (χ1v) is 6.71. The van der Waals surface area contributed by atoms with E-state index in [2.05, 4.69) is 30.6 Å². The fourth-order valence-corrected chi connectivity index (χ4v) is 2.41. The number of nitrogens with zero attached hydrogens (tertiary/aromatic N) is 4. The molecule has 0 fully saturated rings. The van der Waals surface area contributed by atoms with E-state index in [1.165, 1.54) is 0 Å². The molecular formula is C12H18BrN5. The van der Waals surface area contributed by atoms with Crippen molar-refractivity contribution in [3.63, 3.8) is 0 Å². The Morgan fingerprint density at radius 3 is 2.78 bits per heavy atom. The van der Waals surface area contributed by atoms with Gasteiger partial charge in [0.1, 0.15) is 0 Å². The fraction of sp³-hybridized carbons (Fsp3) is 0.500. The summed E-state index contributed by atoms with van der Waals surface area (Å²) in [4.78, 5) is 4.36. The van der Waals surface area contributed by atoms with Crippen LogP contribution in [-0.4, -0.2) is 25.4 Å². The van der Waals surface area contributed by atoms with E-state index >= 15 is 0 Å². The molecule has 2 heterocycles. The Bertz CT molecular complexity index is 541. The van der Waals surface area contributed by atoms with Gasteiger partial charge in [-0.15, -0.1) is 0 Å². The lowest BCUT2D eigenvalue weighted by molar-refractivity contribution is 0.660. The van der Waals surface area contributed by atoms with Crippen molar-refractivity contribution in [1.82, 2.24) is 19.3 Å². The summed E-state index contributed by atoms with van der Waals surface area (Å²) in [7, 11) is 1.95. The highest BCUT2D eigenvalue weighted by molar-refractivity contribution is 9.10. The van der Waals surface area contributed by atoms with Crippen molar-refractivity contribution < 1.29 is 0 Å². The highest BCUT2D eigenvalue weighted by Gasteiger charge is 2.11. The summed E-state index contributed by atoms with van der Waals surface area (Å²) in [6, 6.07) is 0.138. The van der Waals surface area contributed by atoms with E-state index in [0.717, 1.165) is 34.5 Å². The van der Waals surface area contributed by atoms with E-state index in [1.54, 1.807) is 0 Å².